The standard InChI is InChI=1S/C16H24BrClN2O4/c1-22-10-7-20(8-11-23-2)16(21)19-6-3-9-24-15-5-4-13(17)12-14(15)18/h4-5,12H,3,6-11H2,1-2H3,(H,19,21). The number of amides is 2. The highest BCUT2D eigenvalue weighted by Gasteiger charge is 2.12. The summed E-state index contributed by atoms with van der Waals surface area (Å²) in [5, 5.41) is 3.42. The van der Waals surface area contributed by atoms with E-state index in [-0.39, 0.29) is 6.03 Å². The fraction of sp³-hybridized carbons (Fsp3) is 0.562. The van der Waals surface area contributed by atoms with Gasteiger partial charge in [0.25, 0.3) is 0 Å². The van der Waals surface area contributed by atoms with Crippen molar-refractivity contribution in [2.45, 2.75) is 6.42 Å². The molecule has 0 aliphatic rings. The molecule has 0 aliphatic carbocycles. The molecule has 0 bridgehead atoms. The van der Waals surface area contributed by atoms with Crippen molar-refractivity contribution in [2.24, 2.45) is 0 Å². The summed E-state index contributed by atoms with van der Waals surface area (Å²) in [6.07, 6.45) is 0.681. The van der Waals surface area contributed by atoms with Crippen LogP contribution in [0.4, 0.5) is 4.79 Å². The Labute approximate surface area is 156 Å². The fourth-order valence-corrected chi connectivity index (χ4v) is 2.60. The molecule has 0 atom stereocenters. The van der Waals surface area contributed by atoms with Crippen LogP contribution in [0.1, 0.15) is 6.42 Å². The van der Waals surface area contributed by atoms with Crippen molar-refractivity contribution in [2.75, 3.05) is 53.7 Å². The van der Waals surface area contributed by atoms with Crippen molar-refractivity contribution in [3.63, 3.8) is 0 Å². The number of urea groups is 1. The van der Waals surface area contributed by atoms with Gasteiger partial charge in [-0.15, -0.1) is 0 Å². The number of hydrogen-bond acceptors (Lipinski definition) is 4. The second-order valence-corrected chi connectivity index (χ2v) is 6.30. The lowest BCUT2D eigenvalue weighted by Crippen LogP contribution is -2.43. The molecule has 2 amide bonds. The molecule has 0 saturated heterocycles. The Morgan fingerprint density at radius 1 is 1.21 bits per heavy atom. The lowest BCUT2D eigenvalue weighted by atomic mass is 10.3. The molecular formula is C16H24BrClN2O4. The first-order chi connectivity index (χ1) is 11.6. The Kier molecular flexibility index (Phi) is 10.8. The Hall–Kier alpha value is -1.02. The Balaban J connectivity index is 2.27. The summed E-state index contributed by atoms with van der Waals surface area (Å²) in [6.45, 7) is 3.01. The monoisotopic (exact) mass is 422 g/mol. The Bertz CT molecular complexity index is 497. The van der Waals surface area contributed by atoms with Gasteiger partial charge in [-0.2, -0.15) is 0 Å². The van der Waals surface area contributed by atoms with Crippen LogP contribution in [-0.4, -0.2) is 64.6 Å². The topological polar surface area (TPSA) is 60.0 Å². The molecule has 0 heterocycles. The van der Waals surface area contributed by atoms with E-state index in [1.54, 1.807) is 25.2 Å². The van der Waals surface area contributed by atoms with Gasteiger partial charge < -0.3 is 24.4 Å². The van der Waals surface area contributed by atoms with E-state index in [1.165, 1.54) is 0 Å². The molecule has 1 rings (SSSR count). The van der Waals surface area contributed by atoms with Crippen molar-refractivity contribution >= 4 is 33.6 Å². The predicted molar refractivity (Wildman–Crippen MR) is 98.0 cm³/mol. The predicted octanol–water partition coefficient (Wildman–Crippen LogP) is 3.18. The van der Waals surface area contributed by atoms with Gasteiger partial charge in [0.1, 0.15) is 5.75 Å². The minimum atomic E-state index is -0.134. The third-order valence-electron chi connectivity index (χ3n) is 3.17. The molecule has 1 aromatic rings. The molecule has 8 heteroatoms. The van der Waals surface area contributed by atoms with Crippen molar-refractivity contribution in [1.82, 2.24) is 10.2 Å². The maximum absolute atomic E-state index is 12.1. The van der Waals surface area contributed by atoms with Crippen LogP contribution in [0, 0.1) is 0 Å². The number of benzene rings is 1. The molecule has 0 fully saturated rings. The van der Waals surface area contributed by atoms with Gasteiger partial charge in [0.15, 0.2) is 0 Å². The molecule has 0 spiro atoms. The highest BCUT2D eigenvalue weighted by Crippen LogP contribution is 2.27. The van der Waals surface area contributed by atoms with Crippen molar-refractivity contribution in [3.05, 3.63) is 27.7 Å². The SMILES string of the molecule is COCCN(CCOC)C(=O)NCCCOc1ccc(Br)cc1Cl. The van der Waals surface area contributed by atoms with E-state index in [2.05, 4.69) is 21.2 Å². The lowest BCUT2D eigenvalue weighted by Gasteiger charge is -2.22. The van der Waals surface area contributed by atoms with E-state index in [1.807, 2.05) is 12.1 Å². The van der Waals surface area contributed by atoms with E-state index in [0.717, 1.165) is 4.47 Å². The molecule has 0 aromatic heterocycles. The number of carbonyl (C=O) groups is 1. The zero-order valence-electron chi connectivity index (χ0n) is 14.0. The molecule has 6 nitrogen and oxygen atoms in total. The normalized spacial score (nSPS) is 10.5. The van der Waals surface area contributed by atoms with E-state index >= 15 is 0 Å². The Morgan fingerprint density at radius 2 is 1.88 bits per heavy atom. The molecule has 1 N–H and O–H groups in total. The zero-order valence-corrected chi connectivity index (χ0v) is 16.4. The van der Waals surface area contributed by atoms with Crippen LogP contribution in [0.5, 0.6) is 5.75 Å². The van der Waals surface area contributed by atoms with Crippen molar-refractivity contribution in [3.8, 4) is 5.75 Å². The van der Waals surface area contributed by atoms with Gasteiger partial charge in [-0.3, -0.25) is 0 Å². The van der Waals surface area contributed by atoms with Crippen LogP contribution in [0.2, 0.25) is 5.02 Å². The highest BCUT2D eigenvalue weighted by atomic mass is 79.9. The number of hydrogen-bond donors (Lipinski definition) is 1. The summed E-state index contributed by atoms with van der Waals surface area (Å²) in [7, 11) is 3.22. The summed E-state index contributed by atoms with van der Waals surface area (Å²) >= 11 is 9.42. The highest BCUT2D eigenvalue weighted by molar-refractivity contribution is 9.10. The summed E-state index contributed by atoms with van der Waals surface area (Å²) in [4.78, 5) is 13.8. The lowest BCUT2D eigenvalue weighted by molar-refractivity contribution is 0.122. The largest absolute Gasteiger partial charge is 0.492 e. The van der Waals surface area contributed by atoms with E-state index < -0.39 is 0 Å². The summed E-state index contributed by atoms with van der Waals surface area (Å²) in [5.74, 6) is 0.632. The van der Waals surface area contributed by atoms with Crippen LogP contribution >= 0.6 is 27.5 Å². The first-order valence-corrected chi connectivity index (χ1v) is 8.84. The summed E-state index contributed by atoms with van der Waals surface area (Å²) < 4.78 is 16.5. The number of halogens is 2. The minimum Gasteiger partial charge on any atom is -0.492 e. The molecule has 0 saturated carbocycles. The quantitative estimate of drug-likeness (QED) is 0.555. The van der Waals surface area contributed by atoms with Crippen LogP contribution < -0.4 is 10.1 Å². The summed E-state index contributed by atoms with van der Waals surface area (Å²) in [5.41, 5.74) is 0. The van der Waals surface area contributed by atoms with Gasteiger partial charge in [-0.1, -0.05) is 27.5 Å². The number of nitrogens with one attached hydrogen (secondary N) is 1. The molecule has 136 valence electrons. The zero-order chi connectivity index (χ0) is 17.8. The van der Waals surface area contributed by atoms with Gasteiger partial charge >= 0.3 is 6.03 Å². The van der Waals surface area contributed by atoms with Gasteiger partial charge in [-0.05, 0) is 24.6 Å². The number of nitrogens with zero attached hydrogens (tertiary/aromatic N) is 1. The van der Waals surface area contributed by atoms with E-state index in [9.17, 15) is 4.79 Å². The van der Waals surface area contributed by atoms with E-state index in [0.29, 0.717) is 56.6 Å². The summed E-state index contributed by atoms with van der Waals surface area (Å²) in [6, 6.07) is 5.32. The third-order valence-corrected chi connectivity index (χ3v) is 3.96. The fourth-order valence-electron chi connectivity index (χ4n) is 1.87. The van der Waals surface area contributed by atoms with Gasteiger partial charge in [0, 0.05) is 38.3 Å². The number of methoxy groups -OCH3 is 2. The number of ether oxygens (including phenoxy) is 3. The molecule has 1 aromatic carbocycles. The number of rotatable bonds is 11. The van der Waals surface area contributed by atoms with Crippen LogP contribution in [0.25, 0.3) is 0 Å². The average Bonchev–Trinajstić information content (AvgIpc) is 2.56. The molecule has 24 heavy (non-hydrogen) atoms. The minimum absolute atomic E-state index is 0.134. The van der Waals surface area contributed by atoms with Crippen molar-refractivity contribution in [1.29, 1.82) is 0 Å². The average molecular weight is 424 g/mol. The molecule has 0 radical (unpaired) electrons. The second kappa shape index (κ2) is 12.4. The Morgan fingerprint density at radius 3 is 2.46 bits per heavy atom. The maximum Gasteiger partial charge on any atom is 0.317 e. The smallest absolute Gasteiger partial charge is 0.317 e. The maximum atomic E-state index is 12.1. The van der Waals surface area contributed by atoms with Gasteiger partial charge in [0.2, 0.25) is 0 Å². The van der Waals surface area contributed by atoms with E-state index in [4.69, 9.17) is 25.8 Å². The molecule has 0 aliphatic heterocycles. The number of carbonyl (C=O) groups excluding carboxylic acids is 1. The second-order valence-electron chi connectivity index (χ2n) is 4.98. The third kappa shape index (κ3) is 8.19. The van der Waals surface area contributed by atoms with Crippen LogP contribution in [0.3, 0.4) is 0 Å². The van der Waals surface area contributed by atoms with Gasteiger partial charge in [0.05, 0.1) is 24.8 Å². The molecular weight excluding hydrogens is 400 g/mol. The van der Waals surface area contributed by atoms with Crippen LogP contribution in [0.15, 0.2) is 22.7 Å². The first kappa shape index (κ1) is 21.0. The first-order valence-electron chi connectivity index (χ1n) is 7.67. The van der Waals surface area contributed by atoms with Gasteiger partial charge in [-0.25, -0.2) is 4.79 Å². The molecule has 0 unspecified atom stereocenters. The van der Waals surface area contributed by atoms with Crippen molar-refractivity contribution < 1.29 is 19.0 Å². The van der Waals surface area contributed by atoms with Crippen LogP contribution in [-0.2, 0) is 9.47 Å².